The third-order valence-corrected chi connectivity index (χ3v) is 2.73. The molecule has 0 aliphatic heterocycles. The number of hydrogen-bond acceptors (Lipinski definition) is 4. The second kappa shape index (κ2) is 6.54. The number of carbonyl (C=O) groups excluding carboxylic acids is 1. The molecule has 0 aliphatic carbocycles. The van der Waals surface area contributed by atoms with Crippen molar-refractivity contribution in [3.05, 3.63) is 29.8 Å². The Morgan fingerprint density at radius 1 is 1.37 bits per heavy atom. The molecule has 2 N–H and O–H groups in total. The van der Waals surface area contributed by atoms with Gasteiger partial charge in [0, 0.05) is 39.0 Å². The molecule has 106 valence electrons. The molecule has 0 fully saturated rings. The predicted molar refractivity (Wildman–Crippen MR) is 75.6 cm³/mol. The number of anilines is 1. The Labute approximate surface area is 114 Å². The molecule has 0 saturated carbocycles. The van der Waals surface area contributed by atoms with Crippen LogP contribution < -0.4 is 10.2 Å². The van der Waals surface area contributed by atoms with Crippen molar-refractivity contribution in [2.45, 2.75) is 12.5 Å². The van der Waals surface area contributed by atoms with E-state index < -0.39 is 5.60 Å². The van der Waals surface area contributed by atoms with Gasteiger partial charge in [0.1, 0.15) is 5.60 Å². The largest absolute Gasteiger partial charge is 0.386 e. The van der Waals surface area contributed by atoms with Gasteiger partial charge >= 0.3 is 0 Å². The molecule has 1 rings (SSSR count). The smallest absolute Gasteiger partial charge is 0.251 e. The van der Waals surface area contributed by atoms with Crippen molar-refractivity contribution in [1.82, 2.24) is 5.32 Å². The van der Waals surface area contributed by atoms with E-state index in [0.717, 1.165) is 5.69 Å². The van der Waals surface area contributed by atoms with Gasteiger partial charge in [0.15, 0.2) is 0 Å². The van der Waals surface area contributed by atoms with Crippen LogP contribution in [0.5, 0.6) is 0 Å². The summed E-state index contributed by atoms with van der Waals surface area (Å²) in [7, 11) is 5.39. The average Bonchev–Trinajstić information content (AvgIpc) is 2.36. The van der Waals surface area contributed by atoms with Crippen LogP contribution in [0, 0.1) is 0 Å². The summed E-state index contributed by atoms with van der Waals surface area (Å²) in [5, 5.41) is 12.6. The number of amides is 1. The molecule has 5 heteroatoms. The van der Waals surface area contributed by atoms with Crippen molar-refractivity contribution in [3.63, 3.8) is 0 Å². The molecule has 1 atom stereocenters. The molecule has 0 heterocycles. The third kappa shape index (κ3) is 4.89. The molecule has 0 spiro atoms. The Balaban J connectivity index is 2.59. The second-order valence-electron chi connectivity index (χ2n) is 5.05. The van der Waals surface area contributed by atoms with Crippen molar-refractivity contribution in [2.24, 2.45) is 0 Å². The first-order valence-corrected chi connectivity index (χ1v) is 6.12. The van der Waals surface area contributed by atoms with E-state index in [1.54, 1.807) is 19.1 Å². The quantitative estimate of drug-likeness (QED) is 0.802. The van der Waals surface area contributed by atoms with Gasteiger partial charge in [-0.3, -0.25) is 4.79 Å². The highest BCUT2D eigenvalue weighted by Gasteiger charge is 2.21. The fourth-order valence-electron chi connectivity index (χ4n) is 1.65. The van der Waals surface area contributed by atoms with Crippen LogP contribution in [0.4, 0.5) is 5.69 Å². The van der Waals surface area contributed by atoms with E-state index >= 15 is 0 Å². The van der Waals surface area contributed by atoms with Gasteiger partial charge in [0.25, 0.3) is 5.91 Å². The number of aliphatic hydroxyl groups is 1. The van der Waals surface area contributed by atoms with E-state index in [2.05, 4.69) is 5.32 Å². The van der Waals surface area contributed by atoms with E-state index in [4.69, 9.17) is 4.74 Å². The Morgan fingerprint density at radius 3 is 2.42 bits per heavy atom. The number of ether oxygens (including phenoxy) is 1. The van der Waals surface area contributed by atoms with Crippen molar-refractivity contribution >= 4 is 11.6 Å². The van der Waals surface area contributed by atoms with Crippen molar-refractivity contribution in [2.75, 3.05) is 39.3 Å². The molecule has 0 saturated heterocycles. The first kappa shape index (κ1) is 15.5. The summed E-state index contributed by atoms with van der Waals surface area (Å²) < 4.78 is 4.88. The lowest BCUT2D eigenvalue weighted by Gasteiger charge is -2.22. The van der Waals surface area contributed by atoms with Gasteiger partial charge < -0.3 is 20.1 Å². The maximum absolute atomic E-state index is 11.9. The van der Waals surface area contributed by atoms with Gasteiger partial charge in [-0.2, -0.15) is 0 Å². The van der Waals surface area contributed by atoms with Crippen LogP contribution in [0.2, 0.25) is 0 Å². The number of methoxy groups -OCH3 is 1. The predicted octanol–water partition coefficient (Wildman–Crippen LogP) is 0.880. The van der Waals surface area contributed by atoms with Gasteiger partial charge in [-0.25, -0.2) is 0 Å². The number of rotatable bonds is 6. The molecule has 0 bridgehead atoms. The van der Waals surface area contributed by atoms with Gasteiger partial charge in [0.05, 0.1) is 6.61 Å². The van der Waals surface area contributed by atoms with E-state index in [9.17, 15) is 9.90 Å². The third-order valence-electron chi connectivity index (χ3n) is 2.73. The highest BCUT2D eigenvalue weighted by atomic mass is 16.5. The molecule has 0 radical (unpaired) electrons. The first-order valence-electron chi connectivity index (χ1n) is 6.12. The summed E-state index contributed by atoms with van der Waals surface area (Å²) in [5.74, 6) is -0.207. The average molecular weight is 266 g/mol. The van der Waals surface area contributed by atoms with Gasteiger partial charge in [-0.05, 0) is 31.2 Å². The number of nitrogens with one attached hydrogen (secondary N) is 1. The van der Waals surface area contributed by atoms with E-state index in [0.29, 0.717) is 5.56 Å². The zero-order valence-electron chi connectivity index (χ0n) is 11.9. The Hall–Kier alpha value is -1.59. The van der Waals surface area contributed by atoms with Crippen LogP contribution in [0.1, 0.15) is 17.3 Å². The number of nitrogens with zero attached hydrogens (tertiary/aromatic N) is 1. The van der Waals surface area contributed by atoms with Crippen LogP contribution in [-0.2, 0) is 4.74 Å². The molecular weight excluding hydrogens is 244 g/mol. The fraction of sp³-hybridized carbons (Fsp3) is 0.500. The molecule has 5 nitrogen and oxygen atoms in total. The molecule has 19 heavy (non-hydrogen) atoms. The summed E-state index contributed by atoms with van der Waals surface area (Å²) in [6.07, 6.45) is 0. The topological polar surface area (TPSA) is 61.8 Å². The standard InChI is InChI=1S/C14H22N2O3/c1-14(18,10-19-4)9-15-13(17)11-5-7-12(8-6-11)16(2)3/h5-8,18H,9-10H2,1-4H3,(H,15,17). The van der Waals surface area contributed by atoms with E-state index in [-0.39, 0.29) is 19.1 Å². The summed E-state index contributed by atoms with van der Waals surface area (Å²) in [5.41, 5.74) is 0.537. The van der Waals surface area contributed by atoms with Crippen LogP contribution in [0.15, 0.2) is 24.3 Å². The molecule has 1 aromatic carbocycles. The van der Waals surface area contributed by atoms with Crippen molar-refractivity contribution in [3.8, 4) is 0 Å². The van der Waals surface area contributed by atoms with Gasteiger partial charge in [-0.1, -0.05) is 0 Å². The Bertz CT molecular complexity index is 413. The summed E-state index contributed by atoms with van der Waals surface area (Å²) in [6.45, 7) is 1.94. The SMILES string of the molecule is COCC(C)(O)CNC(=O)c1ccc(N(C)C)cc1. The highest BCUT2D eigenvalue weighted by molar-refractivity contribution is 5.94. The first-order chi connectivity index (χ1) is 8.85. The van der Waals surface area contributed by atoms with Gasteiger partial charge in [-0.15, -0.1) is 0 Å². The van der Waals surface area contributed by atoms with Gasteiger partial charge in [0.2, 0.25) is 0 Å². The normalized spacial score (nSPS) is 13.7. The maximum Gasteiger partial charge on any atom is 0.251 e. The lowest BCUT2D eigenvalue weighted by atomic mass is 10.1. The minimum Gasteiger partial charge on any atom is -0.386 e. The van der Waals surface area contributed by atoms with Crippen molar-refractivity contribution < 1.29 is 14.6 Å². The van der Waals surface area contributed by atoms with Crippen LogP contribution in [0.25, 0.3) is 0 Å². The lowest BCUT2D eigenvalue weighted by molar-refractivity contribution is -0.0147. The second-order valence-corrected chi connectivity index (χ2v) is 5.05. The maximum atomic E-state index is 11.9. The Morgan fingerprint density at radius 2 is 1.95 bits per heavy atom. The molecule has 0 aromatic heterocycles. The molecule has 0 aliphatic rings. The zero-order valence-corrected chi connectivity index (χ0v) is 11.9. The summed E-state index contributed by atoms with van der Waals surface area (Å²) >= 11 is 0. The van der Waals surface area contributed by atoms with Crippen LogP contribution >= 0.6 is 0 Å². The number of hydrogen-bond donors (Lipinski definition) is 2. The fourth-order valence-corrected chi connectivity index (χ4v) is 1.65. The molecular formula is C14H22N2O3. The molecule has 1 aromatic rings. The molecule has 1 amide bonds. The molecule has 1 unspecified atom stereocenters. The number of carbonyl (C=O) groups is 1. The zero-order chi connectivity index (χ0) is 14.5. The minimum absolute atomic E-state index is 0.148. The van der Waals surface area contributed by atoms with Crippen LogP contribution in [-0.4, -0.2) is 51.0 Å². The Kier molecular flexibility index (Phi) is 5.32. The lowest BCUT2D eigenvalue weighted by Crippen LogP contribution is -2.43. The summed E-state index contributed by atoms with van der Waals surface area (Å²) in [6, 6.07) is 7.27. The van der Waals surface area contributed by atoms with Crippen LogP contribution in [0.3, 0.4) is 0 Å². The van der Waals surface area contributed by atoms with E-state index in [1.165, 1.54) is 7.11 Å². The van der Waals surface area contributed by atoms with Crippen molar-refractivity contribution in [1.29, 1.82) is 0 Å². The van der Waals surface area contributed by atoms with E-state index in [1.807, 2.05) is 31.1 Å². The minimum atomic E-state index is -1.06. The summed E-state index contributed by atoms with van der Waals surface area (Å²) in [4.78, 5) is 13.9. The number of benzene rings is 1. The highest BCUT2D eigenvalue weighted by Crippen LogP contribution is 2.12. The monoisotopic (exact) mass is 266 g/mol.